The Balaban J connectivity index is 1.62. The van der Waals surface area contributed by atoms with Gasteiger partial charge in [-0.3, -0.25) is 19.6 Å². The Morgan fingerprint density at radius 3 is 2.37 bits per heavy atom. The van der Waals surface area contributed by atoms with Crippen LogP contribution in [-0.4, -0.2) is 25.9 Å². The zero-order chi connectivity index (χ0) is 25.8. The van der Waals surface area contributed by atoms with Crippen LogP contribution in [0.5, 0.6) is 5.75 Å². The molecule has 0 bridgehead atoms. The highest BCUT2D eigenvalue weighted by atomic mass is 32.2. The van der Waals surface area contributed by atoms with E-state index in [1.807, 2.05) is 0 Å². The minimum absolute atomic E-state index is 0.147. The number of non-ortho nitro benzene ring substituents is 1. The number of carbonyl (C=O) groups is 1. The third kappa shape index (κ3) is 6.69. The summed E-state index contributed by atoms with van der Waals surface area (Å²) in [5, 5.41) is 13.4. The number of aryl methyl sites for hydroxylation is 1. The first-order valence-electron chi connectivity index (χ1n) is 9.83. The van der Waals surface area contributed by atoms with Crippen LogP contribution in [-0.2, 0) is 21.0 Å². The lowest BCUT2D eigenvalue weighted by Gasteiger charge is -2.12. The zero-order valence-corrected chi connectivity index (χ0v) is 18.8. The van der Waals surface area contributed by atoms with Gasteiger partial charge in [0.2, 0.25) is 0 Å². The van der Waals surface area contributed by atoms with Crippen molar-refractivity contribution < 1.29 is 36.0 Å². The third-order valence-corrected chi connectivity index (χ3v) is 6.05. The van der Waals surface area contributed by atoms with E-state index in [2.05, 4.69) is 10.0 Å². The van der Waals surface area contributed by atoms with Crippen molar-refractivity contribution in [2.45, 2.75) is 18.0 Å². The number of hydrogen-bond donors (Lipinski definition) is 2. The lowest BCUT2D eigenvalue weighted by Crippen LogP contribution is -2.20. The summed E-state index contributed by atoms with van der Waals surface area (Å²) in [5.41, 5.74) is -0.600. The molecule has 0 atom stereocenters. The molecule has 0 unspecified atom stereocenters. The van der Waals surface area contributed by atoms with Crippen molar-refractivity contribution in [2.24, 2.45) is 0 Å². The predicted octanol–water partition coefficient (Wildman–Crippen LogP) is 4.74. The van der Waals surface area contributed by atoms with Crippen LogP contribution in [0.3, 0.4) is 0 Å². The monoisotopic (exact) mass is 509 g/mol. The molecule has 3 aromatic carbocycles. The number of benzene rings is 3. The molecule has 9 nitrogen and oxygen atoms in total. The Hall–Kier alpha value is -4.13. The lowest BCUT2D eigenvalue weighted by atomic mass is 10.2. The highest BCUT2D eigenvalue weighted by Crippen LogP contribution is 2.31. The summed E-state index contributed by atoms with van der Waals surface area (Å²) in [6.45, 7) is 1.20. The van der Waals surface area contributed by atoms with Crippen LogP contribution in [0.1, 0.15) is 11.1 Å². The van der Waals surface area contributed by atoms with Crippen molar-refractivity contribution in [3.05, 3.63) is 88.0 Å². The third-order valence-electron chi connectivity index (χ3n) is 4.65. The molecule has 0 aliphatic rings. The topological polar surface area (TPSA) is 128 Å². The molecular formula is C22H18F3N3O6S. The molecule has 0 heterocycles. The number of halogens is 3. The number of amides is 1. The Morgan fingerprint density at radius 1 is 1.06 bits per heavy atom. The molecule has 184 valence electrons. The fourth-order valence-corrected chi connectivity index (χ4v) is 3.93. The summed E-state index contributed by atoms with van der Waals surface area (Å²) in [4.78, 5) is 22.2. The number of anilines is 2. The van der Waals surface area contributed by atoms with Gasteiger partial charge in [0.1, 0.15) is 5.75 Å². The van der Waals surface area contributed by atoms with Gasteiger partial charge in [-0.05, 0) is 55.0 Å². The number of nitro benzene ring substituents is 1. The number of nitrogens with zero attached hydrogens (tertiary/aromatic N) is 1. The Morgan fingerprint density at radius 2 is 1.74 bits per heavy atom. The molecule has 1 amide bonds. The first-order chi connectivity index (χ1) is 16.3. The van der Waals surface area contributed by atoms with E-state index in [0.29, 0.717) is 11.6 Å². The van der Waals surface area contributed by atoms with Gasteiger partial charge in [-0.2, -0.15) is 13.2 Å². The number of rotatable bonds is 8. The maximum absolute atomic E-state index is 12.8. The van der Waals surface area contributed by atoms with E-state index in [-0.39, 0.29) is 27.7 Å². The van der Waals surface area contributed by atoms with E-state index in [9.17, 15) is 36.5 Å². The van der Waals surface area contributed by atoms with Crippen LogP contribution in [0.2, 0.25) is 0 Å². The Labute approximate surface area is 197 Å². The molecule has 0 fully saturated rings. The molecule has 13 heteroatoms. The van der Waals surface area contributed by atoms with Gasteiger partial charge in [-0.1, -0.05) is 12.1 Å². The number of nitro groups is 1. The molecule has 0 saturated heterocycles. The lowest BCUT2D eigenvalue weighted by molar-refractivity contribution is -0.384. The molecule has 2 N–H and O–H groups in total. The maximum Gasteiger partial charge on any atom is 0.416 e. The molecule has 0 aromatic heterocycles. The smallest absolute Gasteiger partial charge is 0.416 e. The Bertz CT molecular complexity index is 1360. The van der Waals surface area contributed by atoms with E-state index in [4.69, 9.17) is 4.74 Å². The second-order valence-electron chi connectivity index (χ2n) is 7.25. The molecule has 35 heavy (non-hydrogen) atoms. The van der Waals surface area contributed by atoms with Gasteiger partial charge in [0.15, 0.2) is 6.61 Å². The normalized spacial score (nSPS) is 11.5. The summed E-state index contributed by atoms with van der Waals surface area (Å²) in [6.07, 6.45) is -4.62. The molecule has 3 rings (SSSR count). The van der Waals surface area contributed by atoms with Crippen LogP contribution in [0, 0.1) is 17.0 Å². The summed E-state index contributed by atoms with van der Waals surface area (Å²) < 4.78 is 70.9. The highest BCUT2D eigenvalue weighted by molar-refractivity contribution is 7.92. The number of sulfonamides is 1. The van der Waals surface area contributed by atoms with Crippen molar-refractivity contribution in [1.29, 1.82) is 0 Å². The molecule has 3 aromatic rings. The van der Waals surface area contributed by atoms with Gasteiger partial charge in [0, 0.05) is 17.8 Å². The number of carbonyl (C=O) groups excluding carboxylic acids is 1. The summed E-state index contributed by atoms with van der Waals surface area (Å²) in [6, 6.07) is 12.6. The van der Waals surface area contributed by atoms with Crippen LogP contribution >= 0.6 is 0 Å². The predicted molar refractivity (Wildman–Crippen MR) is 121 cm³/mol. The van der Waals surface area contributed by atoms with Gasteiger partial charge < -0.3 is 10.1 Å². The first kappa shape index (κ1) is 25.5. The van der Waals surface area contributed by atoms with Crippen molar-refractivity contribution >= 4 is 33.0 Å². The van der Waals surface area contributed by atoms with Crippen LogP contribution in [0.15, 0.2) is 71.6 Å². The minimum atomic E-state index is -4.62. The molecule has 0 aliphatic heterocycles. The fourth-order valence-electron chi connectivity index (χ4n) is 2.88. The minimum Gasteiger partial charge on any atom is -0.484 e. The number of nitrogens with one attached hydrogen (secondary N) is 2. The van der Waals surface area contributed by atoms with E-state index < -0.39 is 39.2 Å². The van der Waals surface area contributed by atoms with Crippen molar-refractivity contribution in [1.82, 2.24) is 0 Å². The van der Waals surface area contributed by atoms with Crippen molar-refractivity contribution in [2.75, 3.05) is 16.6 Å². The molecule has 0 spiro atoms. The zero-order valence-electron chi connectivity index (χ0n) is 18.0. The number of alkyl halides is 3. The van der Waals surface area contributed by atoms with E-state index in [1.165, 1.54) is 36.4 Å². The maximum atomic E-state index is 12.8. The van der Waals surface area contributed by atoms with Crippen molar-refractivity contribution in [3.63, 3.8) is 0 Å². The SMILES string of the molecule is Cc1ccc([N+](=O)[O-])cc1NC(=O)COc1ccc(S(=O)(=O)Nc2cccc(C(F)(F)F)c2)cc1. The summed E-state index contributed by atoms with van der Waals surface area (Å²) in [7, 11) is -4.19. The summed E-state index contributed by atoms with van der Waals surface area (Å²) in [5.74, 6) is -0.453. The average Bonchev–Trinajstić information content (AvgIpc) is 2.78. The van der Waals surface area contributed by atoms with E-state index in [0.717, 1.165) is 24.3 Å². The highest BCUT2D eigenvalue weighted by Gasteiger charge is 2.30. The Kier molecular flexibility index (Phi) is 7.29. The van der Waals surface area contributed by atoms with Gasteiger partial charge in [-0.25, -0.2) is 8.42 Å². The largest absolute Gasteiger partial charge is 0.484 e. The molecule has 0 saturated carbocycles. The standard InChI is InChI=1S/C22H18F3N3O6S/c1-14-5-6-17(28(30)31)12-20(14)26-21(29)13-34-18-7-9-19(10-8-18)35(32,33)27-16-4-2-3-15(11-16)22(23,24)25/h2-12,27H,13H2,1H3,(H,26,29). The van der Waals surface area contributed by atoms with Gasteiger partial charge in [0.05, 0.1) is 21.1 Å². The van der Waals surface area contributed by atoms with Crippen molar-refractivity contribution in [3.8, 4) is 5.75 Å². The fraction of sp³-hybridized carbons (Fsp3) is 0.136. The van der Waals surface area contributed by atoms with Crippen LogP contribution in [0.4, 0.5) is 30.2 Å². The first-order valence-corrected chi connectivity index (χ1v) is 11.3. The summed E-state index contributed by atoms with van der Waals surface area (Å²) >= 11 is 0. The second kappa shape index (κ2) is 10.0. The van der Waals surface area contributed by atoms with Gasteiger partial charge in [-0.15, -0.1) is 0 Å². The van der Waals surface area contributed by atoms with Gasteiger partial charge in [0.25, 0.3) is 21.6 Å². The quantitative estimate of drug-likeness (QED) is 0.334. The number of hydrogen-bond acceptors (Lipinski definition) is 6. The average molecular weight is 509 g/mol. The van der Waals surface area contributed by atoms with E-state index in [1.54, 1.807) is 6.92 Å². The van der Waals surface area contributed by atoms with E-state index >= 15 is 0 Å². The molecular weight excluding hydrogens is 491 g/mol. The molecule has 0 aliphatic carbocycles. The van der Waals surface area contributed by atoms with Crippen LogP contribution in [0.25, 0.3) is 0 Å². The second-order valence-corrected chi connectivity index (χ2v) is 8.93. The van der Waals surface area contributed by atoms with Gasteiger partial charge >= 0.3 is 6.18 Å². The van der Waals surface area contributed by atoms with Crippen LogP contribution < -0.4 is 14.8 Å². The number of ether oxygens (including phenoxy) is 1. The molecule has 0 radical (unpaired) electrons.